The summed E-state index contributed by atoms with van der Waals surface area (Å²) in [6, 6.07) is 14.0. The molecule has 0 fully saturated rings. The molecule has 130 valence electrons. The molecule has 0 saturated carbocycles. The van der Waals surface area contributed by atoms with Crippen LogP contribution in [0.25, 0.3) is 21.8 Å². The average molecular weight is 363 g/mol. The van der Waals surface area contributed by atoms with Gasteiger partial charge in [0, 0.05) is 12.7 Å². The molecule has 4 aromatic rings. The van der Waals surface area contributed by atoms with Crippen molar-refractivity contribution in [2.24, 2.45) is 7.05 Å². The summed E-state index contributed by atoms with van der Waals surface area (Å²) in [5.74, 6) is -0.0686. The molecule has 26 heavy (non-hydrogen) atoms. The summed E-state index contributed by atoms with van der Waals surface area (Å²) >= 11 is 1.40. The number of nitrogens with one attached hydrogen (secondary N) is 1. The van der Waals surface area contributed by atoms with E-state index < -0.39 is 0 Å². The largest absolute Gasteiger partial charge is 0.325 e. The molecule has 1 N–H and O–H groups in total. The molecule has 0 aliphatic heterocycles. The third kappa shape index (κ3) is 3.13. The number of fused-ring (bicyclic) bond motifs is 2. The molecule has 0 unspecified atom stereocenters. The lowest BCUT2D eigenvalue weighted by atomic mass is 10.1. The summed E-state index contributed by atoms with van der Waals surface area (Å²) in [6.45, 7) is 1.87. The summed E-state index contributed by atoms with van der Waals surface area (Å²) in [5, 5.41) is 10.7. The maximum absolute atomic E-state index is 12.6. The Balaban J connectivity index is 1.51. The number of rotatable bonds is 4. The lowest BCUT2D eigenvalue weighted by Crippen LogP contribution is -2.22. The fourth-order valence-corrected chi connectivity index (χ4v) is 3.65. The third-order valence-corrected chi connectivity index (χ3v) is 5.28. The standard InChI is InChI=1S/C19H17N5OS/c1-12(26-19-16-10-22-24(2)17(16)20-11-21-19)18(25)23-15-8-7-13-5-3-4-6-14(13)9-15/h3-12H,1-2H3,(H,23,25)/t12-/m1/s1. The van der Waals surface area contributed by atoms with Crippen LogP contribution in [-0.4, -0.2) is 30.9 Å². The van der Waals surface area contributed by atoms with Gasteiger partial charge >= 0.3 is 0 Å². The first-order valence-electron chi connectivity index (χ1n) is 8.21. The smallest absolute Gasteiger partial charge is 0.237 e. The lowest BCUT2D eigenvalue weighted by molar-refractivity contribution is -0.115. The number of carbonyl (C=O) groups is 1. The highest BCUT2D eigenvalue weighted by molar-refractivity contribution is 8.00. The van der Waals surface area contributed by atoms with Gasteiger partial charge in [0.1, 0.15) is 11.4 Å². The van der Waals surface area contributed by atoms with E-state index in [1.165, 1.54) is 18.1 Å². The maximum Gasteiger partial charge on any atom is 0.237 e. The number of amides is 1. The molecule has 0 saturated heterocycles. The van der Waals surface area contributed by atoms with Gasteiger partial charge in [-0.05, 0) is 29.8 Å². The van der Waals surface area contributed by atoms with Gasteiger partial charge in [0.2, 0.25) is 5.91 Å². The van der Waals surface area contributed by atoms with Crippen LogP contribution in [0.1, 0.15) is 6.92 Å². The molecule has 0 radical (unpaired) electrons. The zero-order valence-electron chi connectivity index (χ0n) is 14.4. The van der Waals surface area contributed by atoms with Gasteiger partial charge in [-0.25, -0.2) is 9.97 Å². The summed E-state index contributed by atoms with van der Waals surface area (Å²) in [4.78, 5) is 21.1. The van der Waals surface area contributed by atoms with Crippen molar-refractivity contribution in [3.8, 4) is 0 Å². The lowest BCUT2D eigenvalue weighted by Gasteiger charge is -2.12. The van der Waals surface area contributed by atoms with Gasteiger partial charge in [0.25, 0.3) is 0 Å². The van der Waals surface area contributed by atoms with Crippen LogP contribution in [-0.2, 0) is 11.8 Å². The molecular weight excluding hydrogens is 346 g/mol. The van der Waals surface area contributed by atoms with Crippen LogP contribution in [0.15, 0.2) is 60.0 Å². The Morgan fingerprint density at radius 1 is 1.15 bits per heavy atom. The van der Waals surface area contributed by atoms with Gasteiger partial charge in [-0.15, -0.1) is 0 Å². The summed E-state index contributed by atoms with van der Waals surface area (Å²) < 4.78 is 1.70. The van der Waals surface area contributed by atoms with E-state index in [1.54, 1.807) is 10.9 Å². The van der Waals surface area contributed by atoms with Crippen LogP contribution in [0.2, 0.25) is 0 Å². The fourth-order valence-electron chi connectivity index (χ4n) is 2.77. The molecule has 0 bridgehead atoms. The van der Waals surface area contributed by atoms with Crippen LogP contribution in [0.5, 0.6) is 0 Å². The van der Waals surface area contributed by atoms with Gasteiger partial charge in [-0.3, -0.25) is 9.48 Å². The minimum atomic E-state index is -0.306. The number of benzene rings is 2. The van der Waals surface area contributed by atoms with Gasteiger partial charge < -0.3 is 5.32 Å². The van der Waals surface area contributed by atoms with Gasteiger partial charge in [0.05, 0.1) is 16.8 Å². The monoisotopic (exact) mass is 363 g/mol. The molecule has 7 heteroatoms. The summed E-state index contributed by atoms with van der Waals surface area (Å²) in [6.07, 6.45) is 3.23. The molecule has 1 atom stereocenters. The Labute approximate surface area is 154 Å². The highest BCUT2D eigenvalue weighted by Gasteiger charge is 2.18. The van der Waals surface area contributed by atoms with Crippen molar-refractivity contribution in [2.75, 3.05) is 5.32 Å². The minimum absolute atomic E-state index is 0.0686. The van der Waals surface area contributed by atoms with E-state index in [1.807, 2.05) is 56.4 Å². The number of carbonyl (C=O) groups excluding carboxylic acids is 1. The first-order chi connectivity index (χ1) is 12.6. The van der Waals surface area contributed by atoms with E-state index >= 15 is 0 Å². The normalized spacial score (nSPS) is 12.4. The highest BCUT2D eigenvalue weighted by Crippen LogP contribution is 2.28. The quantitative estimate of drug-likeness (QED) is 0.443. The highest BCUT2D eigenvalue weighted by atomic mass is 32.2. The molecule has 1 amide bonds. The third-order valence-electron chi connectivity index (χ3n) is 4.17. The number of thioether (sulfide) groups is 1. The van der Waals surface area contributed by atoms with Crippen molar-refractivity contribution < 1.29 is 4.79 Å². The fraction of sp³-hybridized carbons (Fsp3) is 0.158. The predicted octanol–water partition coefficient (Wildman–Crippen LogP) is 3.64. The molecule has 2 aromatic heterocycles. The van der Waals surface area contributed by atoms with E-state index in [4.69, 9.17) is 0 Å². The molecule has 6 nitrogen and oxygen atoms in total. The van der Waals surface area contributed by atoms with Crippen LogP contribution < -0.4 is 5.32 Å². The van der Waals surface area contributed by atoms with Crippen molar-refractivity contribution in [1.82, 2.24) is 19.7 Å². The summed E-state index contributed by atoms with van der Waals surface area (Å²) in [5.41, 5.74) is 1.54. The number of aromatic nitrogens is 4. The van der Waals surface area contributed by atoms with Gasteiger partial charge in [-0.2, -0.15) is 5.10 Å². The molecule has 0 aliphatic carbocycles. The Kier molecular flexibility index (Phi) is 4.30. The van der Waals surface area contributed by atoms with E-state index in [0.29, 0.717) is 0 Å². The SMILES string of the molecule is C[C@@H](Sc1ncnc2c1cnn2C)C(=O)Nc1ccc2ccccc2c1. The Morgan fingerprint density at radius 2 is 1.96 bits per heavy atom. The van der Waals surface area contributed by atoms with Gasteiger partial charge in [-0.1, -0.05) is 42.1 Å². The number of aryl methyl sites for hydroxylation is 1. The van der Waals surface area contributed by atoms with E-state index in [9.17, 15) is 4.79 Å². The van der Waals surface area contributed by atoms with Crippen molar-refractivity contribution >= 4 is 45.2 Å². The van der Waals surface area contributed by atoms with E-state index in [2.05, 4.69) is 20.4 Å². The Hall–Kier alpha value is -2.93. The second-order valence-corrected chi connectivity index (χ2v) is 7.33. The molecule has 2 aromatic carbocycles. The Morgan fingerprint density at radius 3 is 2.81 bits per heavy atom. The van der Waals surface area contributed by atoms with E-state index in [0.717, 1.165) is 32.5 Å². The topological polar surface area (TPSA) is 72.7 Å². The molecular formula is C19H17N5OS. The van der Waals surface area contributed by atoms with Crippen molar-refractivity contribution in [3.63, 3.8) is 0 Å². The Bertz CT molecular complexity index is 1110. The second-order valence-electron chi connectivity index (χ2n) is 6.00. The summed E-state index contributed by atoms with van der Waals surface area (Å²) in [7, 11) is 1.83. The maximum atomic E-state index is 12.6. The van der Waals surface area contributed by atoms with Gasteiger partial charge in [0.15, 0.2) is 5.65 Å². The second kappa shape index (κ2) is 6.76. The van der Waals surface area contributed by atoms with Crippen molar-refractivity contribution in [1.29, 1.82) is 0 Å². The van der Waals surface area contributed by atoms with Crippen LogP contribution in [0, 0.1) is 0 Å². The zero-order valence-corrected chi connectivity index (χ0v) is 15.2. The van der Waals surface area contributed by atoms with E-state index in [-0.39, 0.29) is 11.2 Å². The molecule has 0 aliphatic rings. The van der Waals surface area contributed by atoms with Crippen molar-refractivity contribution in [2.45, 2.75) is 17.2 Å². The number of anilines is 1. The van der Waals surface area contributed by atoms with Crippen LogP contribution in [0.3, 0.4) is 0 Å². The van der Waals surface area contributed by atoms with Crippen LogP contribution in [0.4, 0.5) is 5.69 Å². The zero-order chi connectivity index (χ0) is 18.1. The number of hydrogen-bond donors (Lipinski definition) is 1. The van der Waals surface area contributed by atoms with Crippen LogP contribution >= 0.6 is 11.8 Å². The first-order valence-corrected chi connectivity index (χ1v) is 9.09. The van der Waals surface area contributed by atoms with Crippen molar-refractivity contribution in [3.05, 3.63) is 55.0 Å². The average Bonchev–Trinajstić information content (AvgIpc) is 3.04. The molecule has 4 rings (SSSR count). The predicted molar refractivity (Wildman–Crippen MR) is 104 cm³/mol. The number of nitrogens with zero attached hydrogens (tertiary/aromatic N) is 4. The number of hydrogen-bond acceptors (Lipinski definition) is 5. The minimum Gasteiger partial charge on any atom is -0.325 e. The molecule has 2 heterocycles. The molecule has 0 spiro atoms. The first kappa shape index (κ1) is 16.5.